The summed E-state index contributed by atoms with van der Waals surface area (Å²) < 4.78 is 11.0. The number of rotatable bonds is 4. The quantitative estimate of drug-likeness (QED) is 0.349. The maximum Gasteiger partial charge on any atom is 0.252 e. The van der Waals surface area contributed by atoms with Crippen LogP contribution in [0.15, 0.2) is 48.5 Å². The third-order valence-electron chi connectivity index (χ3n) is 3.09. The smallest absolute Gasteiger partial charge is 0.252 e. The van der Waals surface area contributed by atoms with Gasteiger partial charge in [0.25, 0.3) is 5.91 Å². The summed E-state index contributed by atoms with van der Waals surface area (Å²) in [4.78, 5) is 12.3. The van der Waals surface area contributed by atoms with E-state index >= 15 is 0 Å². The number of anilines is 1. The lowest BCUT2D eigenvalue weighted by atomic mass is 10.2. The molecule has 0 saturated carbocycles. The molecule has 0 radical (unpaired) electrons. The molecule has 1 atom stereocenters. The van der Waals surface area contributed by atoms with E-state index in [1.165, 1.54) is 36.4 Å². The molecule has 0 aliphatic rings. The number of nitrogens with one attached hydrogen (secondary N) is 3. The van der Waals surface area contributed by atoms with Crippen LogP contribution in [-0.4, -0.2) is 21.0 Å². The molecule has 0 saturated heterocycles. The average Bonchev–Trinajstić information content (AvgIpc) is 2.56. The molecule has 10 heteroatoms. The van der Waals surface area contributed by atoms with Crippen LogP contribution in [0, 0.1) is 5.82 Å². The number of alkyl halides is 3. The minimum Gasteiger partial charge on any atom is -0.339 e. The number of hydrogen-bond acceptors (Lipinski definition) is 2. The van der Waals surface area contributed by atoms with Crippen LogP contribution in [0.4, 0.5) is 10.1 Å². The summed E-state index contributed by atoms with van der Waals surface area (Å²) in [6.45, 7) is 0. The Morgan fingerprint density at radius 3 is 2.12 bits per heavy atom. The SMILES string of the molecule is O=C(N[C@H](NC(=S)Nc1ccc(F)cc1)C(Cl)(Cl)Cl)c1ccc(Cl)cc1. The summed E-state index contributed by atoms with van der Waals surface area (Å²) in [6.07, 6.45) is -1.13. The van der Waals surface area contributed by atoms with Gasteiger partial charge in [-0.2, -0.15) is 0 Å². The second kappa shape index (κ2) is 9.06. The molecule has 0 fully saturated rings. The summed E-state index contributed by atoms with van der Waals surface area (Å²) in [5.41, 5.74) is 0.851. The van der Waals surface area contributed by atoms with Crippen LogP contribution in [0.2, 0.25) is 5.02 Å². The maximum atomic E-state index is 12.9. The van der Waals surface area contributed by atoms with Gasteiger partial charge >= 0.3 is 0 Å². The van der Waals surface area contributed by atoms with Gasteiger partial charge in [0, 0.05) is 16.3 Å². The number of halogens is 5. The first-order valence-corrected chi connectivity index (χ1v) is 9.03. The van der Waals surface area contributed by atoms with Crippen molar-refractivity contribution in [2.45, 2.75) is 9.96 Å². The predicted molar refractivity (Wildman–Crippen MR) is 109 cm³/mol. The van der Waals surface area contributed by atoms with Crippen molar-refractivity contribution < 1.29 is 9.18 Å². The van der Waals surface area contributed by atoms with Gasteiger partial charge in [0.2, 0.25) is 3.79 Å². The Bertz CT molecular complexity index is 782. The van der Waals surface area contributed by atoms with Crippen molar-refractivity contribution in [3.63, 3.8) is 0 Å². The van der Waals surface area contributed by atoms with Crippen molar-refractivity contribution in [2.75, 3.05) is 5.32 Å². The molecular weight excluding hydrogens is 443 g/mol. The van der Waals surface area contributed by atoms with Crippen LogP contribution in [0.1, 0.15) is 10.4 Å². The van der Waals surface area contributed by atoms with Crippen LogP contribution in [-0.2, 0) is 0 Å². The van der Waals surface area contributed by atoms with Crippen molar-refractivity contribution in [3.8, 4) is 0 Å². The first kappa shape index (κ1) is 21.0. The van der Waals surface area contributed by atoms with Gasteiger partial charge in [-0.15, -0.1) is 0 Å². The molecule has 2 rings (SSSR count). The van der Waals surface area contributed by atoms with E-state index in [0.717, 1.165) is 0 Å². The molecule has 4 nitrogen and oxygen atoms in total. The van der Waals surface area contributed by atoms with E-state index in [-0.39, 0.29) is 10.9 Å². The minimum absolute atomic E-state index is 0.0735. The van der Waals surface area contributed by atoms with Crippen LogP contribution in [0.3, 0.4) is 0 Å². The molecule has 3 N–H and O–H groups in total. The molecule has 0 heterocycles. The standard InChI is InChI=1S/C16H12Cl4FN3OS/c17-10-3-1-9(2-4-10)13(25)23-14(16(18,19)20)24-15(26)22-12-7-5-11(21)6-8-12/h1-8,14H,(H,23,25)(H2,22,24,26)/t14-/m1/s1. The van der Waals surface area contributed by atoms with Gasteiger partial charge in [-0.05, 0) is 60.7 Å². The van der Waals surface area contributed by atoms with Crippen molar-refractivity contribution in [1.82, 2.24) is 10.6 Å². The number of hydrogen-bond donors (Lipinski definition) is 3. The molecule has 2 aromatic rings. The summed E-state index contributed by atoms with van der Waals surface area (Å²) in [6, 6.07) is 11.7. The second-order valence-corrected chi connectivity index (χ2v) is 8.27. The summed E-state index contributed by atoms with van der Waals surface area (Å²) >= 11 is 28.7. The minimum atomic E-state index is -1.89. The summed E-state index contributed by atoms with van der Waals surface area (Å²) in [5, 5.41) is 8.61. The highest BCUT2D eigenvalue weighted by Crippen LogP contribution is 2.29. The normalized spacial score (nSPS) is 12.2. The van der Waals surface area contributed by atoms with Crippen molar-refractivity contribution in [3.05, 3.63) is 64.9 Å². The molecule has 2 aromatic carbocycles. The van der Waals surface area contributed by atoms with Gasteiger partial charge in [-0.25, -0.2) is 4.39 Å². The van der Waals surface area contributed by atoms with Crippen molar-refractivity contribution in [1.29, 1.82) is 0 Å². The molecule has 138 valence electrons. The zero-order valence-corrected chi connectivity index (χ0v) is 16.7. The molecular formula is C16H12Cl4FN3OS. The Labute approximate surface area is 174 Å². The molecule has 0 aliphatic heterocycles. The fourth-order valence-electron chi connectivity index (χ4n) is 1.85. The van der Waals surface area contributed by atoms with Crippen LogP contribution >= 0.6 is 58.6 Å². The number of carbonyl (C=O) groups excluding carboxylic acids is 1. The summed E-state index contributed by atoms with van der Waals surface area (Å²) in [5.74, 6) is -0.876. The van der Waals surface area contributed by atoms with Crippen molar-refractivity contribution >= 4 is 75.3 Å². The summed E-state index contributed by atoms with van der Waals surface area (Å²) in [7, 11) is 0. The Hall–Kier alpha value is -1.31. The number of thiocarbonyl (C=S) groups is 1. The van der Waals surface area contributed by atoms with Gasteiger partial charge in [0.1, 0.15) is 12.0 Å². The first-order chi connectivity index (χ1) is 12.1. The lowest BCUT2D eigenvalue weighted by Crippen LogP contribution is -2.56. The fraction of sp³-hybridized carbons (Fsp3) is 0.125. The van der Waals surface area contributed by atoms with E-state index in [1.807, 2.05) is 0 Å². The zero-order chi connectivity index (χ0) is 19.3. The highest BCUT2D eigenvalue weighted by molar-refractivity contribution is 7.80. The molecule has 1 amide bonds. The molecule has 0 aromatic heterocycles. The van der Waals surface area contributed by atoms with Gasteiger partial charge in [-0.1, -0.05) is 46.4 Å². The number of benzene rings is 2. The monoisotopic (exact) mass is 453 g/mol. The van der Waals surface area contributed by atoms with Gasteiger partial charge in [0.05, 0.1) is 0 Å². The van der Waals surface area contributed by atoms with Gasteiger partial charge in [0.15, 0.2) is 5.11 Å². The number of amides is 1. The number of carbonyl (C=O) groups is 1. The highest BCUT2D eigenvalue weighted by atomic mass is 35.6. The van der Waals surface area contributed by atoms with Crippen molar-refractivity contribution in [2.24, 2.45) is 0 Å². The van der Waals surface area contributed by atoms with E-state index in [4.69, 9.17) is 58.6 Å². The lowest BCUT2D eigenvalue weighted by molar-refractivity contribution is 0.0934. The van der Waals surface area contributed by atoms with Crippen LogP contribution in [0.5, 0.6) is 0 Å². The van der Waals surface area contributed by atoms with Crippen LogP contribution < -0.4 is 16.0 Å². The topological polar surface area (TPSA) is 53.2 Å². The molecule has 26 heavy (non-hydrogen) atoms. The molecule has 0 unspecified atom stereocenters. The Morgan fingerprint density at radius 1 is 1.00 bits per heavy atom. The maximum absolute atomic E-state index is 12.9. The van der Waals surface area contributed by atoms with Crippen LogP contribution in [0.25, 0.3) is 0 Å². The third-order valence-corrected chi connectivity index (χ3v) is 4.21. The van der Waals surface area contributed by atoms with Gasteiger partial charge in [-0.3, -0.25) is 4.79 Å². The fourth-order valence-corrected chi connectivity index (χ4v) is 2.54. The molecule has 0 aliphatic carbocycles. The Balaban J connectivity index is 2.04. The molecule has 0 spiro atoms. The second-order valence-electron chi connectivity index (χ2n) is 5.06. The zero-order valence-electron chi connectivity index (χ0n) is 12.9. The third kappa shape index (κ3) is 6.45. The highest BCUT2D eigenvalue weighted by Gasteiger charge is 2.34. The first-order valence-electron chi connectivity index (χ1n) is 7.11. The Kier molecular flexibility index (Phi) is 7.32. The van der Waals surface area contributed by atoms with E-state index in [0.29, 0.717) is 16.3 Å². The predicted octanol–water partition coefficient (Wildman–Crippen LogP) is 4.89. The lowest BCUT2D eigenvalue weighted by Gasteiger charge is -2.27. The van der Waals surface area contributed by atoms with E-state index in [2.05, 4.69) is 16.0 Å². The van der Waals surface area contributed by atoms with E-state index < -0.39 is 15.9 Å². The average molecular weight is 455 g/mol. The van der Waals surface area contributed by atoms with E-state index in [9.17, 15) is 9.18 Å². The Morgan fingerprint density at radius 2 is 1.58 bits per heavy atom. The largest absolute Gasteiger partial charge is 0.339 e. The van der Waals surface area contributed by atoms with Gasteiger partial charge < -0.3 is 16.0 Å². The van der Waals surface area contributed by atoms with E-state index in [1.54, 1.807) is 12.1 Å². The molecule has 0 bridgehead atoms.